The molecule has 0 aromatic heterocycles. The molecule has 0 spiro atoms. The van der Waals surface area contributed by atoms with Crippen LogP contribution in [0.5, 0.6) is 5.75 Å². The van der Waals surface area contributed by atoms with Crippen LogP contribution < -0.4 is 4.74 Å². The molecule has 0 unspecified atom stereocenters. The number of nitro benzene ring substituents is 1. The molecule has 98 valence electrons. The summed E-state index contributed by atoms with van der Waals surface area (Å²) in [7, 11) is 1.40. The second-order valence-electron chi connectivity index (χ2n) is 4.05. The number of aryl methyl sites for hydroxylation is 1. The maximum absolute atomic E-state index is 11.4. The zero-order valence-electron chi connectivity index (χ0n) is 10.6. The standard InChI is InChI=1S/C13H17NO4/c1-3-4-11(15)7-5-10-6-8-13(18-2)12(9-10)14(16)17/h6,8-9H,3-5,7H2,1-2H3. The van der Waals surface area contributed by atoms with E-state index < -0.39 is 4.92 Å². The highest BCUT2D eigenvalue weighted by Gasteiger charge is 2.15. The summed E-state index contributed by atoms with van der Waals surface area (Å²) in [5.41, 5.74) is 0.727. The van der Waals surface area contributed by atoms with E-state index in [4.69, 9.17) is 4.74 Å². The largest absolute Gasteiger partial charge is 0.490 e. The number of methoxy groups -OCH3 is 1. The highest BCUT2D eigenvalue weighted by atomic mass is 16.6. The molecule has 18 heavy (non-hydrogen) atoms. The minimum Gasteiger partial charge on any atom is -0.490 e. The Morgan fingerprint density at radius 1 is 1.39 bits per heavy atom. The molecule has 0 radical (unpaired) electrons. The van der Waals surface area contributed by atoms with Crippen molar-refractivity contribution in [2.24, 2.45) is 0 Å². The first-order valence-corrected chi connectivity index (χ1v) is 5.91. The lowest BCUT2D eigenvalue weighted by Gasteiger charge is -2.04. The van der Waals surface area contributed by atoms with Gasteiger partial charge in [0.2, 0.25) is 0 Å². The molecule has 0 bridgehead atoms. The van der Waals surface area contributed by atoms with E-state index in [0.717, 1.165) is 12.0 Å². The van der Waals surface area contributed by atoms with E-state index in [9.17, 15) is 14.9 Å². The minimum absolute atomic E-state index is 0.0575. The summed E-state index contributed by atoms with van der Waals surface area (Å²) in [6.07, 6.45) is 2.36. The number of benzene rings is 1. The summed E-state index contributed by atoms with van der Waals surface area (Å²) in [4.78, 5) is 21.8. The molecule has 1 aromatic rings. The molecule has 0 heterocycles. The number of nitrogens with zero attached hydrogens (tertiary/aromatic N) is 1. The van der Waals surface area contributed by atoms with E-state index in [1.807, 2.05) is 6.92 Å². The molecular weight excluding hydrogens is 234 g/mol. The topological polar surface area (TPSA) is 69.4 Å². The molecule has 0 N–H and O–H groups in total. The first-order chi connectivity index (χ1) is 8.58. The fourth-order valence-electron chi connectivity index (χ4n) is 1.72. The van der Waals surface area contributed by atoms with E-state index in [-0.39, 0.29) is 17.2 Å². The Balaban J connectivity index is 2.76. The van der Waals surface area contributed by atoms with E-state index >= 15 is 0 Å². The predicted octanol–water partition coefficient (Wildman–Crippen LogP) is 2.91. The molecule has 1 aromatic carbocycles. The number of hydrogen-bond acceptors (Lipinski definition) is 4. The smallest absolute Gasteiger partial charge is 0.311 e. The zero-order chi connectivity index (χ0) is 13.5. The van der Waals surface area contributed by atoms with Crippen LogP contribution in [0.2, 0.25) is 0 Å². The van der Waals surface area contributed by atoms with Crippen molar-refractivity contribution in [2.45, 2.75) is 32.6 Å². The van der Waals surface area contributed by atoms with Gasteiger partial charge in [0, 0.05) is 18.9 Å². The maximum Gasteiger partial charge on any atom is 0.311 e. The molecule has 5 heteroatoms. The van der Waals surface area contributed by atoms with E-state index in [0.29, 0.717) is 19.3 Å². The summed E-state index contributed by atoms with van der Waals surface area (Å²) >= 11 is 0. The van der Waals surface area contributed by atoms with Crippen LogP contribution >= 0.6 is 0 Å². The van der Waals surface area contributed by atoms with Gasteiger partial charge < -0.3 is 4.74 Å². The minimum atomic E-state index is -0.476. The van der Waals surface area contributed by atoms with Crippen LogP contribution in [0.25, 0.3) is 0 Å². The fourth-order valence-corrected chi connectivity index (χ4v) is 1.72. The van der Waals surface area contributed by atoms with Crippen LogP contribution in [-0.4, -0.2) is 17.8 Å². The Labute approximate surface area is 106 Å². The van der Waals surface area contributed by atoms with Crippen molar-refractivity contribution >= 4 is 11.5 Å². The van der Waals surface area contributed by atoms with Gasteiger partial charge in [0.25, 0.3) is 0 Å². The third-order valence-electron chi connectivity index (χ3n) is 2.66. The number of nitro groups is 1. The quantitative estimate of drug-likeness (QED) is 0.552. The van der Waals surface area contributed by atoms with Gasteiger partial charge in [-0.1, -0.05) is 13.0 Å². The van der Waals surface area contributed by atoms with E-state index in [2.05, 4.69) is 0 Å². The zero-order valence-corrected chi connectivity index (χ0v) is 10.6. The number of carbonyl (C=O) groups is 1. The van der Waals surface area contributed by atoms with Crippen LogP contribution in [0.4, 0.5) is 5.69 Å². The molecule has 0 aliphatic heterocycles. The summed E-state index contributed by atoms with van der Waals surface area (Å²) < 4.78 is 4.92. The average Bonchev–Trinajstić information content (AvgIpc) is 2.36. The second kappa shape index (κ2) is 6.74. The number of ether oxygens (including phenoxy) is 1. The van der Waals surface area contributed by atoms with Gasteiger partial charge in [-0.2, -0.15) is 0 Å². The molecule has 0 aliphatic rings. The van der Waals surface area contributed by atoms with Gasteiger partial charge in [0.1, 0.15) is 5.78 Å². The van der Waals surface area contributed by atoms with Crippen molar-refractivity contribution < 1.29 is 14.5 Å². The fraction of sp³-hybridized carbons (Fsp3) is 0.462. The molecule has 0 aliphatic carbocycles. The maximum atomic E-state index is 11.4. The Kier molecular flexibility index (Phi) is 5.30. The van der Waals surface area contributed by atoms with Gasteiger partial charge in [-0.15, -0.1) is 0 Å². The molecular formula is C13H17NO4. The molecule has 0 fully saturated rings. The van der Waals surface area contributed by atoms with Gasteiger partial charge in [0.05, 0.1) is 12.0 Å². The van der Waals surface area contributed by atoms with Crippen molar-refractivity contribution in [1.29, 1.82) is 0 Å². The Hall–Kier alpha value is -1.91. The lowest BCUT2D eigenvalue weighted by molar-refractivity contribution is -0.385. The van der Waals surface area contributed by atoms with E-state index in [1.165, 1.54) is 13.2 Å². The number of carbonyl (C=O) groups excluding carboxylic acids is 1. The third kappa shape index (κ3) is 3.84. The Morgan fingerprint density at radius 3 is 2.67 bits per heavy atom. The highest BCUT2D eigenvalue weighted by molar-refractivity contribution is 5.78. The Bertz CT molecular complexity index is 443. The van der Waals surface area contributed by atoms with Crippen LogP contribution in [-0.2, 0) is 11.2 Å². The van der Waals surface area contributed by atoms with Crippen molar-refractivity contribution in [2.75, 3.05) is 7.11 Å². The summed E-state index contributed by atoms with van der Waals surface area (Å²) in [5, 5.41) is 10.8. The molecule has 0 saturated carbocycles. The van der Waals surface area contributed by atoms with E-state index in [1.54, 1.807) is 12.1 Å². The summed E-state index contributed by atoms with van der Waals surface area (Å²) in [5.74, 6) is 0.430. The van der Waals surface area contributed by atoms with Gasteiger partial charge in [-0.05, 0) is 24.5 Å². The lowest BCUT2D eigenvalue weighted by Crippen LogP contribution is -2.00. The van der Waals surface area contributed by atoms with Crippen LogP contribution in [0.15, 0.2) is 18.2 Å². The van der Waals surface area contributed by atoms with Crippen LogP contribution in [0, 0.1) is 10.1 Å². The summed E-state index contributed by atoms with van der Waals surface area (Å²) in [6.45, 7) is 1.95. The van der Waals surface area contributed by atoms with Gasteiger partial charge in [0.15, 0.2) is 5.75 Å². The van der Waals surface area contributed by atoms with Crippen molar-refractivity contribution in [1.82, 2.24) is 0 Å². The van der Waals surface area contributed by atoms with Gasteiger partial charge >= 0.3 is 5.69 Å². The van der Waals surface area contributed by atoms with Crippen molar-refractivity contribution in [3.63, 3.8) is 0 Å². The van der Waals surface area contributed by atoms with Crippen molar-refractivity contribution in [3.8, 4) is 5.75 Å². The second-order valence-corrected chi connectivity index (χ2v) is 4.05. The predicted molar refractivity (Wildman–Crippen MR) is 67.9 cm³/mol. The van der Waals surface area contributed by atoms with Gasteiger partial charge in [-0.3, -0.25) is 14.9 Å². The number of ketones is 1. The first-order valence-electron chi connectivity index (χ1n) is 5.91. The highest BCUT2D eigenvalue weighted by Crippen LogP contribution is 2.27. The van der Waals surface area contributed by atoms with Crippen LogP contribution in [0.3, 0.4) is 0 Å². The molecule has 1 rings (SSSR count). The Morgan fingerprint density at radius 2 is 2.11 bits per heavy atom. The van der Waals surface area contributed by atoms with Gasteiger partial charge in [-0.25, -0.2) is 0 Å². The first kappa shape index (κ1) is 14.2. The number of rotatable bonds is 7. The molecule has 0 atom stereocenters. The lowest BCUT2D eigenvalue weighted by atomic mass is 10.0. The molecule has 5 nitrogen and oxygen atoms in total. The normalized spacial score (nSPS) is 10.1. The monoisotopic (exact) mass is 251 g/mol. The SMILES string of the molecule is CCCC(=O)CCc1ccc(OC)c([N+](=O)[O-])c1. The number of Topliss-reactive ketones (excluding diaryl/α,β-unsaturated/α-hetero) is 1. The molecule has 0 saturated heterocycles. The summed E-state index contributed by atoms with van der Waals surface area (Å²) in [6, 6.07) is 4.79. The molecule has 0 amide bonds. The van der Waals surface area contributed by atoms with Crippen molar-refractivity contribution in [3.05, 3.63) is 33.9 Å². The average molecular weight is 251 g/mol. The van der Waals surface area contributed by atoms with Crippen LogP contribution in [0.1, 0.15) is 31.7 Å². The third-order valence-corrected chi connectivity index (χ3v) is 2.66. The number of hydrogen-bond donors (Lipinski definition) is 0.